The van der Waals surface area contributed by atoms with Crippen molar-refractivity contribution < 1.29 is 9.59 Å². The molecule has 25 heavy (non-hydrogen) atoms. The van der Waals surface area contributed by atoms with E-state index in [-0.39, 0.29) is 18.2 Å². The van der Waals surface area contributed by atoms with Crippen LogP contribution in [-0.4, -0.2) is 40.2 Å². The summed E-state index contributed by atoms with van der Waals surface area (Å²) in [5, 5.41) is 3.80. The second kappa shape index (κ2) is 8.16. The molecule has 2 aliphatic rings. The fourth-order valence-corrected chi connectivity index (χ4v) is 4.43. The van der Waals surface area contributed by atoms with Crippen molar-refractivity contribution in [3.05, 3.63) is 27.2 Å². The van der Waals surface area contributed by atoms with E-state index in [0.717, 1.165) is 31.1 Å². The van der Waals surface area contributed by atoms with Crippen LogP contribution in [0.2, 0.25) is 15.1 Å². The van der Waals surface area contributed by atoms with Crippen LogP contribution in [0.5, 0.6) is 0 Å². The average molecular weight is 421 g/mol. The average Bonchev–Trinajstić information content (AvgIpc) is 2.94. The summed E-state index contributed by atoms with van der Waals surface area (Å²) >= 11 is 19.2. The molecule has 9 heteroatoms. The van der Waals surface area contributed by atoms with Gasteiger partial charge < -0.3 is 10.2 Å². The van der Waals surface area contributed by atoms with Gasteiger partial charge in [0.25, 0.3) is 5.91 Å². The van der Waals surface area contributed by atoms with Crippen LogP contribution in [0.1, 0.15) is 25.7 Å². The summed E-state index contributed by atoms with van der Waals surface area (Å²) in [5.74, 6) is -0.581. The van der Waals surface area contributed by atoms with Crippen molar-refractivity contribution >= 4 is 69.2 Å². The van der Waals surface area contributed by atoms with E-state index in [2.05, 4.69) is 15.2 Å². The first-order valence-electron chi connectivity index (χ1n) is 7.92. The van der Waals surface area contributed by atoms with Crippen LogP contribution < -0.4 is 5.32 Å². The standard InChI is InChI=1S/C16H16Cl3N3O2S/c17-9-6-11(19)12(7-10(9)18)20-14(23)8-13-15(24)21-16(25-13)22-4-2-1-3-5-22/h6-7,13H,1-5,8H2,(H,20,23). The smallest absolute Gasteiger partial charge is 0.262 e. The minimum absolute atomic E-state index is 0.0287. The van der Waals surface area contributed by atoms with Crippen molar-refractivity contribution in [1.82, 2.24) is 4.90 Å². The Hall–Kier alpha value is -0.950. The molecule has 1 saturated heterocycles. The van der Waals surface area contributed by atoms with Crippen molar-refractivity contribution in [2.45, 2.75) is 30.9 Å². The van der Waals surface area contributed by atoms with E-state index in [4.69, 9.17) is 34.8 Å². The molecule has 2 aliphatic heterocycles. The van der Waals surface area contributed by atoms with Crippen molar-refractivity contribution in [2.24, 2.45) is 4.99 Å². The molecule has 1 aromatic carbocycles. The van der Waals surface area contributed by atoms with Gasteiger partial charge in [-0.3, -0.25) is 9.59 Å². The van der Waals surface area contributed by atoms with Gasteiger partial charge in [0.1, 0.15) is 5.25 Å². The molecule has 2 amide bonds. The van der Waals surface area contributed by atoms with Crippen molar-refractivity contribution in [3.63, 3.8) is 0 Å². The Bertz CT molecular complexity index is 736. The van der Waals surface area contributed by atoms with Crippen molar-refractivity contribution in [2.75, 3.05) is 18.4 Å². The maximum Gasteiger partial charge on any atom is 0.262 e. The van der Waals surface area contributed by atoms with Crippen molar-refractivity contribution in [1.29, 1.82) is 0 Å². The molecule has 0 saturated carbocycles. The number of thioether (sulfide) groups is 1. The Morgan fingerprint density at radius 3 is 2.56 bits per heavy atom. The van der Waals surface area contributed by atoms with E-state index in [0.29, 0.717) is 20.8 Å². The highest BCUT2D eigenvalue weighted by atomic mass is 35.5. The molecule has 0 radical (unpaired) electrons. The van der Waals surface area contributed by atoms with Gasteiger partial charge in [-0.05, 0) is 31.4 Å². The van der Waals surface area contributed by atoms with Gasteiger partial charge in [0.15, 0.2) is 5.17 Å². The maximum absolute atomic E-state index is 12.3. The predicted octanol–water partition coefficient (Wildman–Crippen LogP) is 4.46. The number of carbonyl (C=O) groups is 2. The molecular formula is C16H16Cl3N3O2S. The number of amides is 2. The lowest BCUT2D eigenvalue weighted by Gasteiger charge is -2.27. The quantitative estimate of drug-likeness (QED) is 0.733. The molecule has 1 fully saturated rings. The number of carbonyl (C=O) groups excluding carboxylic acids is 2. The lowest BCUT2D eigenvalue weighted by molar-refractivity contribution is -0.121. The molecule has 5 nitrogen and oxygen atoms in total. The summed E-state index contributed by atoms with van der Waals surface area (Å²) in [6.45, 7) is 1.83. The Morgan fingerprint density at radius 2 is 1.84 bits per heavy atom. The second-order valence-corrected chi connectivity index (χ2v) is 8.28. The maximum atomic E-state index is 12.3. The first kappa shape index (κ1) is 18.8. The van der Waals surface area contributed by atoms with E-state index < -0.39 is 5.25 Å². The lowest BCUT2D eigenvalue weighted by atomic mass is 10.1. The summed E-state index contributed by atoms with van der Waals surface area (Å²) < 4.78 is 0. The number of halogens is 3. The molecule has 1 aromatic rings. The predicted molar refractivity (Wildman–Crippen MR) is 104 cm³/mol. The number of nitrogens with zero attached hydrogens (tertiary/aromatic N) is 2. The highest BCUT2D eigenvalue weighted by Crippen LogP contribution is 2.33. The number of nitrogens with one attached hydrogen (secondary N) is 1. The Labute approximate surface area is 165 Å². The number of anilines is 1. The minimum Gasteiger partial charge on any atom is -0.351 e. The van der Waals surface area contributed by atoms with Gasteiger partial charge >= 0.3 is 0 Å². The molecule has 2 heterocycles. The first-order valence-corrected chi connectivity index (χ1v) is 9.94. The fourth-order valence-electron chi connectivity index (χ4n) is 2.72. The third kappa shape index (κ3) is 4.61. The van der Waals surface area contributed by atoms with E-state index in [1.54, 1.807) is 0 Å². The number of hydrogen-bond donors (Lipinski definition) is 1. The van der Waals surface area contributed by atoms with Crippen LogP contribution in [0.15, 0.2) is 17.1 Å². The zero-order valence-corrected chi connectivity index (χ0v) is 16.3. The van der Waals surface area contributed by atoms with Crippen LogP contribution in [-0.2, 0) is 9.59 Å². The second-order valence-electron chi connectivity index (χ2n) is 5.89. The number of aliphatic imine (C=N–C) groups is 1. The summed E-state index contributed by atoms with van der Waals surface area (Å²) in [6, 6.07) is 2.96. The summed E-state index contributed by atoms with van der Waals surface area (Å²) in [4.78, 5) is 30.6. The molecule has 0 bridgehead atoms. The van der Waals surface area contributed by atoms with Gasteiger partial charge in [-0.25, -0.2) is 0 Å². The van der Waals surface area contributed by atoms with E-state index in [9.17, 15) is 9.59 Å². The molecular weight excluding hydrogens is 405 g/mol. The number of piperidine rings is 1. The van der Waals surface area contributed by atoms with Crippen LogP contribution in [0.4, 0.5) is 5.69 Å². The molecule has 134 valence electrons. The third-order valence-electron chi connectivity index (χ3n) is 4.01. The number of likely N-dealkylation sites (tertiary alicyclic amines) is 1. The highest BCUT2D eigenvalue weighted by Gasteiger charge is 2.33. The molecule has 3 rings (SSSR count). The van der Waals surface area contributed by atoms with E-state index in [1.165, 1.54) is 30.3 Å². The summed E-state index contributed by atoms with van der Waals surface area (Å²) in [5.41, 5.74) is 0.369. The summed E-state index contributed by atoms with van der Waals surface area (Å²) in [7, 11) is 0. The number of rotatable bonds is 3. The molecule has 0 aliphatic carbocycles. The van der Waals surface area contributed by atoms with Gasteiger partial charge in [0.2, 0.25) is 5.91 Å². The Balaban J connectivity index is 1.59. The molecule has 1 atom stereocenters. The van der Waals surface area contributed by atoms with Gasteiger partial charge in [0.05, 0.1) is 20.8 Å². The number of hydrogen-bond acceptors (Lipinski definition) is 4. The molecule has 0 aromatic heterocycles. The monoisotopic (exact) mass is 419 g/mol. The third-order valence-corrected chi connectivity index (χ3v) is 6.26. The van der Waals surface area contributed by atoms with Crippen LogP contribution >= 0.6 is 46.6 Å². The molecule has 1 N–H and O–H groups in total. The van der Waals surface area contributed by atoms with Crippen LogP contribution in [0.3, 0.4) is 0 Å². The molecule has 1 unspecified atom stereocenters. The highest BCUT2D eigenvalue weighted by molar-refractivity contribution is 8.15. The fraction of sp³-hybridized carbons (Fsp3) is 0.438. The van der Waals surface area contributed by atoms with Crippen molar-refractivity contribution in [3.8, 4) is 0 Å². The largest absolute Gasteiger partial charge is 0.351 e. The lowest BCUT2D eigenvalue weighted by Crippen LogP contribution is -2.33. The first-order chi connectivity index (χ1) is 11.9. The van der Waals surface area contributed by atoms with Crippen LogP contribution in [0, 0.1) is 0 Å². The van der Waals surface area contributed by atoms with E-state index >= 15 is 0 Å². The Morgan fingerprint density at radius 1 is 1.16 bits per heavy atom. The van der Waals surface area contributed by atoms with Gasteiger partial charge in [0, 0.05) is 19.5 Å². The van der Waals surface area contributed by atoms with Gasteiger partial charge in [-0.2, -0.15) is 4.99 Å². The van der Waals surface area contributed by atoms with Crippen LogP contribution in [0.25, 0.3) is 0 Å². The van der Waals surface area contributed by atoms with Gasteiger partial charge in [-0.15, -0.1) is 0 Å². The normalized spacial score (nSPS) is 20.6. The minimum atomic E-state index is -0.501. The number of amidine groups is 1. The summed E-state index contributed by atoms with van der Waals surface area (Å²) in [6.07, 6.45) is 3.45. The van der Waals surface area contributed by atoms with Gasteiger partial charge in [-0.1, -0.05) is 46.6 Å². The zero-order chi connectivity index (χ0) is 18.0. The SMILES string of the molecule is O=C(CC1SC(N2CCCCC2)=NC1=O)Nc1cc(Cl)c(Cl)cc1Cl. The number of benzene rings is 1. The van der Waals surface area contributed by atoms with E-state index in [1.807, 2.05) is 0 Å². The topological polar surface area (TPSA) is 61.8 Å². The molecule has 0 spiro atoms. The Kier molecular flexibility index (Phi) is 6.15. The zero-order valence-electron chi connectivity index (χ0n) is 13.2.